The lowest BCUT2D eigenvalue weighted by molar-refractivity contribution is -0.126. The van der Waals surface area contributed by atoms with E-state index in [0.717, 1.165) is 11.1 Å². The van der Waals surface area contributed by atoms with Gasteiger partial charge in [-0.2, -0.15) is 0 Å². The molecule has 0 saturated heterocycles. The first-order chi connectivity index (χ1) is 16.3. The summed E-state index contributed by atoms with van der Waals surface area (Å²) >= 11 is 0. The minimum absolute atomic E-state index is 0.0680. The first-order valence-electron chi connectivity index (χ1n) is 10.7. The molecule has 0 radical (unpaired) electrons. The lowest BCUT2D eigenvalue weighted by Gasteiger charge is -2.43. The number of hydrogen-bond donors (Lipinski definition) is 1. The number of methoxy groups -OCH3 is 2. The van der Waals surface area contributed by atoms with E-state index in [1.54, 1.807) is 31.2 Å². The molecule has 0 bridgehead atoms. The van der Waals surface area contributed by atoms with Crippen LogP contribution in [-0.2, 0) is 22.6 Å². The van der Waals surface area contributed by atoms with Gasteiger partial charge in [-0.1, -0.05) is 35.9 Å². The fourth-order valence-electron chi connectivity index (χ4n) is 4.11. The van der Waals surface area contributed by atoms with Crippen molar-refractivity contribution in [3.63, 3.8) is 0 Å². The minimum Gasteiger partial charge on any atom is -0.497 e. The van der Waals surface area contributed by atoms with Crippen LogP contribution in [0.1, 0.15) is 39.0 Å². The molecule has 176 valence electrons. The van der Waals surface area contributed by atoms with Gasteiger partial charge in [0.25, 0.3) is 5.91 Å². The van der Waals surface area contributed by atoms with Gasteiger partial charge in [0.15, 0.2) is 5.69 Å². The number of rotatable bonds is 6. The van der Waals surface area contributed by atoms with Crippen LogP contribution in [-0.4, -0.2) is 47.1 Å². The van der Waals surface area contributed by atoms with Gasteiger partial charge in [-0.05, 0) is 31.5 Å². The zero-order valence-electron chi connectivity index (χ0n) is 19.5. The summed E-state index contributed by atoms with van der Waals surface area (Å²) < 4.78 is 11.6. The average molecular weight is 463 g/mol. The Morgan fingerprint density at radius 2 is 1.88 bits per heavy atom. The highest BCUT2D eigenvalue weighted by Gasteiger charge is 2.49. The summed E-state index contributed by atoms with van der Waals surface area (Å²) in [6.45, 7) is 4.08. The molecule has 9 heteroatoms. The number of fused-ring (bicyclic) bond motifs is 1. The number of esters is 1. The highest BCUT2D eigenvalue weighted by atomic mass is 16.5. The van der Waals surface area contributed by atoms with Gasteiger partial charge in [0, 0.05) is 18.3 Å². The lowest BCUT2D eigenvalue weighted by atomic mass is 9.93. The molecule has 2 aromatic carbocycles. The third-order valence-corrected chi connectivity index (χ3v) is 5.97. The van der Waals surface area contributed by atoms with Crippen molar-refractivity contribution >= 4 is 23.5 Å². The molecule has 1 aromatic heterocycles. The Hall–Kier alpha value is -4.14. The quantitative estimate of drug-likeness (QED) is 0.565. The summed E-state index contributed by atoms with van der Waals surface area (Å²) in [5, 5.41) is 2.96. The number of aryl methyl sites for hydroxylation is 1. The maximum atomic E-state index is 13.8. The fraction of sp³-hybridized carbons (Fsp3) is 0.280. The monoisotopic (exact) mass is 462 g/mol. The Labute approximate surface area is 197 Å². The predicted octanol–water partition coefficient (Wildman–Crippen LogP) is 2.72. The molecule has 0 spiro atoms. The summed E-state index contributed by atoms with van der Waals surface area (Å²) in [4.78, 5) is 45.1. The molecule has 2 heterocycles. The van der Waals surface area contributed by atoms with Crippen molar-refractivity contribution < 1.29 is 23.9 Å². The Morgan fingerprint density at radius 3 is 2.56 bits per heavy atom. The molecule has 1 aliphatic rings. The van der Waals surface area contributed by atoms with E-state index in [1.807, 2.05) is 31.2 Å². The maximum absolute atomic E-state index is 13.8. The van der Waals surface area contributed by atoms with Crippen molar-refractivity contribution in [2.75, 3.05) is 19.1 Å². The van der Waals surface area contributed by atoms with Crippen LogP contribution >= 0.6 is 0 Å². The smallest absolute Gasteiger partial charge is 0.359 e. The van der Waals surface area contributed by atoms with Gasteiger partial charge in [-0.25, -0.2) is 9.78 Å². The largest absolute Gasteiger partial charge is 0.497 e. The average Bonchev–Trinajstić information content (AvgIpc) is 3.26. The van der Waals surface area contributed by atoms with Crippen LogP contribution < -0.4 is 15.0 Å². The van der Waals surface area contributed by atoms with Gasteiger partial charge in [-0.15, -0.1) is 0 Å². The summed E-state index contributed by atoms with van der Waals surface area (Å²) in [5.41, 5.74) is 1.18. The van der Waals surface area contributed by atoms with Gasteiger partial charge >= 0.3 is 5.97 Å². The van der Waals surface area contributed by atoms with E-state index in [1.165, 1.54) is 30.0 Å². The molecule has 34 heavy (non-hydrogen) atoms. The van der Waals surface area contributed by atoms with Crippen LogP contribution in [0.15, 0.2) is 54.9 Å². The van der Waals surface area contributed by atoms with E-state index in [2.05, 4.69) is 10.3 Å². The molecule has 1 unspecified atom stereocenters. The molecule has 0 saturated carbocycles. The first-order valence-corrected chi connectivity index (χ1v) is 10.7. The van der Waals surface area contributed by atoms with Gasteiger partial charge in [0.05, 0.1) is 27.1 Å². The van der Waals surface area contributed by atoms with Crippen LogP contribution in [0, 0.1) is 6.92 Å². The van der Waals surface area contributed by atoms with Gasteiger partial charge < -0.3 is 19.4 Å². The number of anilines is 1. The third kappa shape index (κ3) is 4.00. The maximum Gasteiger partial charge on any atom is 0.359 e. The van der Waals surface area contributed by atoms with Crippen molar-refractivity contribution in [1.29, 1.82) is 0 Å². The van der Waals surface area contributed by atoms with E-state index in [0.29, 0.717) is 18.0 Å². The fourth-order valence-corrected chi connectivity index (χ4v) is 4.11. The Kier molecular flexibility index (Phi) is 6.10. The van der Waals surface area contributed by atoms with Gasteiger partial charge in [0.2, 0.25) is 5.91 Å². The molecule has 1 aliphatic heterocycles. The van der Waals surface area contributed by atoms with Crippen molar-refractivity contribution in [1.82, 2.24) is 14.9 Å². The van der Waals surface area contributed by atoms with E-state index in [-0.39, 0.29) is 23.8 Å². The van der Waals surface area contributed by atoms with Crippen molar-refractivity contribution in [3.8, 4) is 5.75 Å². The number of carbonyl (C=O) groups is 3. The van der Waals surface area contributed by atoms with Gasteiger partial charge in [0.1, 0.15) is 17.0 Å². The molecule has 0 aliphatic carbocycles. The van der Waals surface area contributed by atoms with Crippen molar-refractivity contribution in [2.24, 2.45) is 0 Å². The second-order valence-electron chi connectivity index (χ2n) is 8.35. The number of hydrogen-bond acceptors (Lipinski definition) is 6. The lowest BCUT2D eigenvalue weighted by Crippen LogP contribution is -2.64. The van der Waals surface area contributed by atoms with Gasteiger partial charge in [-0.3, -0.25) is 14.5 Å². The van der Waals surface area contributed by atoms with E-state index < -0.39 is 17.4 Å². The molecule has 1 atom stereocenters. The third-order valence-electron chi connectivity index (χ3n) is 5.97. The van der Waals surface area contributed by atoms with Crippen LogP contribution in [0.25, 0.3) is 0 Å². The van der Waals surface area contributed by atoms with Crippen LogP contribution in [0.5, 0.6) is 5.75 Å². The highest BCUT2D eigenvalue weighted by Crippen LogP contribution is 2.35. The Morgan fingerprint density at radius 1 is 1.15 bits per heavy atom. The second kappa shape index (κ2) is 9.01. The zero-order valence-corrected chi connectivity index (χ0v) is 19.5. The SMILES string of the molecule is COC(=O)c1ncn2c1C(=O)N(c1cccc(OC)c1)C(C)(C(=O)NCc1ccc(C)cc1)C2. The number of benzene rings is 2. The standard InChI is InChI=1S/C25H26N4O5/c1-16-8-10-17(11-9-16)13-26-24(32)25(2)14-28-15-27-20(23(31)34-4)21(28)22(30)29(25)18-6-5-7-19(12-18)33-3/h5-12,15H,13-14H2,1-4H3,(H,26,32). The van der Waals surface area contributed by atoms with Crippen molar-refractivity contribution in [3.05, 3.63) is 77.4 Å². The van der Waals surface area contributed by atoms with Crippen molar-refractivity contribution in [2.45, 2.75) is 32.5 Å². The number of imidazole rings is 1. The molecule has 3 aromatic rings. The Balaban J connectivity index is 1.75. The summed E-state index contributed by atoms with van der Waals surface area (Å²) in [6.07, 6.45) is 1.38. The normalized spacial score (nSPS) is 17.2. The summed E-state index contributed by atoms with van der Waals surface area (Å²) in [7, 11) is 2.75. The predicted molar refractivity (Wildman–Crippen MR) is 125 cm³/mol. The molecule has 1 N–H and O–H groups in total. The topological polar surface area (TPSA) is 103 Å². The number of nitrogens with zero attached hydrogens (tertiary/aromatic N) is 3. The minimum atomic E-state index is -1.31. The number of nitrogens with one attached hydrogen (secondary N) is 1. The van der Waals surface area contributed by atoms with Crippen LogP contribution in [0.2, 0.25) is 0 Å². The highest BCUT2D eigenvalue weighted by molar-refractivity contribution is 6.15. The molecule has 0 fully saturated rings. The van der Waals surface area contributed by atoms with Crippen LogP contribution in [0.4, 0.5) is 5.69 Å². The number of amides is 2. The Bertz CT molecular complexity index is 1250. The molecular formula is C25H26N4O5. The summed E-state index contributed by atoms with van der Waals surface area (Å²) in [6, 6.07) is 14.7. The molecule has 4 rings (SSSR count). The number of carbonyl (C=O) groups excluding carboxylic acids is 3. The number of ether oxygens (including phenoxy) is 2. The summed E-state index contributed by atoms with van der Waals surface area (Å²) in [5.74, 6) is -1.08. The molecule has 2 amide bonds. The van der Waals surface area contributed by atoms with E-state index in [4.69, 9.17) is 9.47 Å². The zero-order chi connectivity index (χ0) is 24.5. The molecular weight excluding hydrogens is 436 g/mol. The van der Waals surface area contributed by atoms with Crippen LogP contribution in [0.3, 0.4) is 0 Å². The van der Waals surface area contributed by atoms with E-state index in [9.17, 15) is 14.4 Å². The second-order valence-corrected chi connectivity index (χ2v) is 8.35. The molecule has 9 nitrogen and oxygen atoms in total. The first kappa shape index (κ1) is 23.0. The number of aromatic nitrogens is 2. The van der Waals surface area contributed by atoms with E-state index >= 15 is 0 Å².